The summed E-state index contributed by atoms with van der Waals surface area (Å²) in [6.45, 7) is 0. The Morgan fingerprint density at radius 2 is 1.93 bits per heavy atom. The first kappa shape index (κ1) is 8.87. The number of nitrogens with zero attached hydrogens (tertiary/aromatic N) is 2. The minimum atomic E-state index is -0.262. The van der Waals surface area contributed by atoms with Crippen molar-refractivity contribution in [2.45, 2.75) is 12.8 Å². The molecule has 1 aromatic rings. The number of nitrogens with two attached hydrogens (primary N) is 1. The molecule has 1 aliphatic rings. The molecule has 0 aliphatic carbocycles. The lowest BCUT2D eigenvalue weighted by Crippen LogP contribution is -2.18. The number of hydrogen-bond acceptors (Lipinski definition) is 3. The van der Waals surface area contributed by atoms with Gasteiger partial charge in [-0.3, -0.25) is 0 Å². The highest BCUT2D eigenvalue weighted by Crippen LogP contribution is 2.14. The van der Waals surface area contributed by atoms with Gasteiger partial charge in [0.2, 0.25) is 0 Å². The van der Waals surface area contributed by atoms with E-state index in [1.807, 2.05) is 0 Å². The molecule has 0 saturated heterocycles. The average Bonchev–Trinajstić information content (AvgIpc) is 2.20. The molecule has 0 saturated carbocycles. The van der Waals surface area contributed by atoms with Crippen LogP contribution in [0.15, 0.2) is 34.5 Å². The Balaban J connectivity index is 2.37. The molecule has 0 aromatic heterocycles. The van der Waals surface area contributed by atoms with Crippen molar-refractivity contribution in [1.82, 2.24) is 0 Å². The van der Waals surface area contributed by atoms with Gasteiger partial charge in [0, 0.05) is 12.0 Å². The fourth-order valence-electron chi connectivity index (χ4n) is 1.35. The molecule has 2 N–H and O–H groups in total. The van der Waals surface area contributed by atoms with Crippen LogP contribution in [0.5, 0.6) is 0 Å². The van der Waals surface area contributed by atoms with Crippen LogP contribution in [0, 0.1) is 5.82 Å². The maximum absolute atomic E-state index is 13.3. The quantitative estimate of drug-likeness (QED) is 0.721. The summed E-state index contributed by atoms with van der Waals surface area (Å²) in [7, 11) is 0. The number of rotatable bonds is 1. The second-order valence-corrected chi connectivity index (χ2v) is 3.12. The predicted molar refractivity (Wildman–Crippen MR) is 53.8 cm³/mol. The minimum Gasteiger partial charge on any atom is -0.386 e. The smallest absolute Gasteiger partial charge is 0.132 e. The Labute approximate surface area is 81.2 Å². The van der Waals surface area contributed by atoms with Crippen molar-refractivity contribution in [2.75, 3.05) is 0 Å². The molecular weight excluding hydrogens is 181 g/mol. The fraction of sp³-hybridized carbons (Fsp3) is 0.200. The molecule has 1 aromatic carbocycles. The predicted octanol–water partition coefficient (Wildman–Crippen LogP) is 1.68. The Kier molecular flexibility index (Phi) is 2.26. The van der Waals surface area contributed by atoms with Crippen LogP contribution < -0.4 is 5.73 Å². The van der Waals surface area contributed by atoms with Crippen molar-refractivity contribution in [3.63, 3.8) is 0 Å². The summed E-state index contributed by atoms with van der Waals surface area (Å²) < 4.78 is 13.3. The van der Waals surface area contributed by atoms with Crippen molar-refractivity contribution in [3.05, 3.63) is 35.6 Å². The first-order valence-electron chi connectivity index (χ1n) is 4.41. The van der Waals surface area contributed by atoms with Gasteiger partial charge in [-0.25, -0.2) is 4.39 Å². The zero-order valence-corrected chi connectivity index (χ0v) is 7.57. The van der Waals surface area contributed by atoms with Crippen LogP contribution in [-0.4, -0.2) is 11.5 Å². The van der Waals surface area contributed by atoms with Gasteiger partial charge in [0.25, 0.3) is 0 Å². The van der Waals surface area contributed by atoms with Gasteiger partial charge < -0.3 is 5.73 Å². The zero-order chi connectivity index (χ0) is 9.97. The van der Waals surface area contributed by atoms with Gasteiger partial charge in [0.1, 0.15) is 11.7 Å². The van der Waals surface area contributed by atoms with Crippen LogP contribution in [0.4, 0.5) is 4.39 Å². The fourth-order valence-corrected chi connectivity index (χ4v) is 1.35. The van der Waals surface area contributed by atoms with Gasteiger partial charge >= 0.3 is 0 Å². The van der Waals surface area contributed by atoms with Crippen LogP contribution in [0.3, 0.4) is 0 Å². The van der Waals surface area contributed by atoms with E-state index in [2.05, 4.69) is 10.2 Å². The largest absolute Gasteiger partial charge is 0.386 e. The molecular formula is C10H10FN3. The van der Waals surface area contributed by atoms with Gasteiger partial charge in [-0.1, -0.05) is 18.2 Å². The van der Waals surface area contributed by atoms with Crippen molar-refractivity contribution in [2.24, 2.45) is 15.9 Å². The molecule has 0 unspecified atom stereocenters. The minimum absolute atomic E-state index is 0.262. The van der Waals surface area contributed by atoms with Gasteiger partial charge in [0.15, 0.2) is 0 Å². The van der Waals surface area contributed by atoms with Gasteiger partial charge in [-0.05, 0) is 12.5 Å². The maximum atomic E-state index is 13.3. The second-order valence-electron chi connectivity index (χ2n) is 3.12. The van der Waals surface area contributed by atoms with Gasteiger partial charge in [-0.2, -0.15) is 5.10 Å². The third-order valence-corrected chi connectivity index (χ3v) is 2.10. The number of hydrogen-bond donors (Lipinski definition) is 1. The van der Waals surface area contributed by atoms with Gasteiger partial charge in [-0.15, -0.1) is 5.10 Å². The third kappa shape index (κ3) is 1.64. The first-order chi connectivity index (χ1) is 6.77. The molecule has 1 aliphatic heterocycles. The highest BCUT2D eigenvalue weighted by atomic mass is 19.1. The lowest BCUT2D eigenvalue weighted by atomic mass is 10.0. The molecule has 2 rings (SSSR count). The standard InChI is InChI=1S/C10H10FN3/c11-8-4-2-1-3-7(8)9-5-6-10(12)14-13-9/h1-4H,5-6H2,(H2,12,14). The molecule has 3 nitrogen and oxygen atoms in total. The van der Waals surface area contributed by atoms with Crippen LogP contribution in [0.1, 0.15) is 18.4 Å². The summed E-state index contributed by atoms with van der Waals surface area (Å²) in [6, 6.07) is 6.55. The highest BCUT2D eigenvalue weighted by Gasteiger charge is 2.12. The number of benzene rings is 1. The number of amidine groups is 1. The van der Waals surface area contributed by atoms with E-state index in [-0.39, 0.29) is 5.82 Å². The lowest BCUT2D eigenvalue weighted by Gasteiger charge is -2.09. The molecule has 1 heterocycles. The first-order valence-corrected chi connectivity index (χ1v) is 4.41. The topological polar surface area (TPSA) is 50.7 Å². The number of halogens is 1. The van der Waals surface area contributed by atoms with E-state index in [1.54, 1.807) is 18.2 Å². The average molecular weight is 191 g/mol. The lowest BCUT2D eigenvalue weighted by molar-refractivity contribution is 0.624. The molecule has 0 amide bonds. The van der Waals surface area contributed by atoms with E-state index in [0.717, 1.165) is 0 Å². The van der Waals surface area contributed by atoms with Crippen LogP contribution in [0.2, 0.25) is 0 Å². The van der Waals surface area contributed by atoms with E-state index < -0.39 is 0 Å². The summed E-state index contributed by atoms with van der Waals surface area (Å²) in [5.74, 6) is 0.243. The second kappa shape index (κ2) is 3.57. The molecule has 0 fully saturated rings. The van der Waals surface area contributed by atoms with Crippen molar-refractivity contribution < 1.29 is 4.39 Å². The monoisotopic (exact) mass is 191 g/mol. The van der Waals surface area contributed by atoms with E-state index in [1.165, 1.54) is 6.07 Å². The molecule has 0 bridgehead atoms. The SMILES string of the molecule is NC1=NN=C(c2ccccc2F)CC1. The molecule has 0 radical (unpaired) electrons. The van der Waals surface area contributed by atoms with E-state index in [9.17, 15) is 4.39 Å². The van der Waals surface area contributed by atoms with E-state index in [0.29, 0.717) is 30.0 Å². The molecule has 0 atom stereocenters. The normalized spacial score (nSPS) is 16.1. The van der Waals surface area contributed by atoms with E-state index >= 15 is 0 Å². The van der Waals surface area contributed by atoms with Crippen molar-refractivity contribution in [1.29, 1.82) is 0 Å². The third-order valence-electron chi connectivity index (χ3n) is 2.10. The Bertz CT molecular complexity index is 410. The van der Waals surface area contributed by atoms with Crippen LogP contribution in [0.25, 0.3) is 0 Å². The van der Waals surface area contributed by atoms with Crippen LogP contribution >= 0.6 is 0 Å². The summed E-state index contributed by atoms with van der Waals surface area (Å²) in [5.41, 5.74) is 6.64. The molecule has 4 heteroatoms. The maximum Gasteiger partial charge on any atom is 0.132 e. The summed E-state index contributed by atoms with van der Waals surface area (Å²) >= 11 is 0. The summed E-state index contributed by atoms with van der Waals surface area (Å²) in [4.78, 5) is 0. The Hall–Kier alpha value is -1.71. The van der Waals surface area contributed by atoms with Crippen LogP contribution in [-0.2, 0) is 0 Å². The van der Waals surface area contributed by atoms with E-state index in [4.69, 9.17) is 5.73 Å². The summed E-state index contributed by atoms with van der Waals surface area (Å²) in [5, 5.41) is 7.63. The molecule has 0 spiro atoms. The summed E-state index contributed by atoms with van der Waals surface area (Å²) in [6.07, 6.45) is 1.30. The zero-order valence-electron chi connectivity index (χ0n) is 7.57. The van der Waals surface area contributed by atoms with Crippen molar-refractivity contribution >= 4 is 11.5 Å². The Morgan fingerprint density at radius 1 is 1.14 bits per heavy atom. The Morgan fingerprint density at radius 3 is 2.57 bits per heavy atom. The molecule has 72 valence electrons. The molecule has 14 heavy (non-hydrogen) atoms. The van der Waals surface area contributed by atoms with Crippen molar-refractivity contribution in [3.8, 4) is 0 Å². The van der Waals surface area contributed by atoms with Gasteiger partial charge in [0.05, 0.1) is 5.71 Å². The highest BCUT2D eigenvalue weighted by molar-refractivity contribution is 6.04.